The van der Waals surface area contributed by atoms with Crippen molar-refractivity contribution in [3.8, 4) is 11.9 Å². The second kappa shape index (κ2) is 10.7. The molecule has 3 rings (SSSR count). The lowest BCUT2D eigenvalue weighted by Crippen LogP contribution is -2.49. The SMILES string of the molecule is COc1ccccc1C(=O)NC[C@]1(c2ccccc2)CC[C@H](N/C(=N\C#N)N(C)C)CC1. The van der Waals surface area contributed by atoms with Crippen LogP contribution in [0.25, 0.3) is 0 Å². The molecule has 32 heavy (non-hydrogen) atoms. The molecular formula is C25H31N5O2. The average Bonchev–Trinajstić information content (AvgIpc) is 2.83. The predicted molar refractivity (Wildman–Crippen MR) is 126 cm³/mol. The summed E-state index contributed by atoms with van der Waals surface area (Å²) >= 11 is 0. The van der Waals surface area contributed by atoms with E-state index in [4.69, 9.17) is 10.00 Å². The smallest absolute Gasteiger partial charge is 0.255 e. The van der Waals surface area contributed by atoms with Crippen molar-refractivity contribution in [1.29, 1.82) is 5.26 Å². The van der Waals surface area contributed by atoms with Gasteiger partial charge in [-0.2, -0.15) is 5.26 Å². The lowest BCUT2D eigenvalue weighted by atomic mass is 9.68. The maximum Gasteiger partial charge on any atom is 0.255 e. The normalized spacial score (nSPS) is 20.7. The monoisotopic (exact) mass is 433 g/mol. The van der Waals surface area contributed by atoms with Crippen molar-refractivity contribution >= 4 is 11.9 Å². The van der Waals surface area contributed by atoms with Crippen LogP contribution in [0, 0.1) is 11.5 Å². The van der Waals surface area contributed by atoms with Gasteiger partial charge in [0.2, 0.25) is 12.2 Å². The summed E-state index contributed by atoms with van der Waals surface area (Å²) in [5.74, 6) is 1.02. The van der Waals surface area contributed by atoms with Gasteiger partial charge < -0.3 is 20.3 Å². The summed E-state index contributed by atoms with van der Waals surface area (Å²) in [4.78, 5) is 18.6. The Balaban J connectivity index is 1.74. The highest BCUT2D eigenvalue weighted by atomic mass is 16.5. The second-order valence-electron chi connectivity index (χ2n) is 8.38. The Morgan fingerprint density at radius 3 is 2.44 bits per heavy atom. The molecular weight excluding hydrogens is 402 g/mol. The van der Waals surface area contributed by atoms with Crippen LogP contribution in [0.2, 0.25) is 0 Å². The minimum absolute atomic E-state index is 0.131. The van der Waals surface area contributed by atoms with Crippen LogP contribution in [0.1, 0.15) is 41.6 Å². The molecule has 7 heteroatoms. The van der Waals surface area contributed by atoms with Gasteiger partial charge in [0, 0.05) is 32.1 Å². The van der Waals surface area contributed by atoms with Crippen molar-refractivity contribution in [1.82, 2.24) is 15.5 Å². The maximum atomic E-state index is 12.9. The lowest BCUT2D eigenvalue weighted by molar-refractivity contribution is 0.0932. The molecule has 1 fully saturated rings. The Morgan fingerprint density at radius 2 is 1.81 bits per heavy atom. The fourth-order valence-corrected chi connectivity index (χ4v) is 4.34. The number of aliphatic imine (C=N–C) groups is 1. The third kappa shape index (κ3) is 5.38. The van der Waals surface area contributed by atoms with Crippen molar-refractivity contribution < 1.29 is 9.53 Å². The number of para-hydroxylation sites is 1. The van der Waals surface area contributed by atoms with Gasteiger partial charge in [-0.25, -0.2) is 0 Å². The quantitative estimate of drug-likeness (QED) is 0.415. The number of methoxy groups -OCH3 is 1. The Kier molecular flexibility index (Phi) is 7.72. The highest BCUT2D eigenvalue weighted by molar-refractivity contribution is 5.97. The van der Waals surface area contributed by atoms with Crippen LogP contribution in [-0.2, 0) is 5.41 Å². The minimum Gasteiger partial charge on any atom is -0.496 e. The number of rotatable bonds is 6. The van der Waals surface area contributed by atoms with Crippen molar-refractivity contribution in [2.45, 2.75) is 37.1 Å². The van der Waals surface area contributed by atoms with Crippen LogP contribution in [0.15, 0.2) is 59.6 Å². The molecule has 1 aliphatic carbocycles. The molecule has 0 radical (unpaired) electrons. The van der Waals surface area contributed by atoms with Crippen molar-refractivity contribution in [2.75, 3.05) is 27.7 Å². The molecule has 0 bridgehead atoms. The van der Waals surface area contributed by atoms with Crippen LogP contribution in [0.5, 0.6) is 5.75 Å². The van der Waals surface area contributed by atoms with Gasteiger partial charge in [-0.1, -0.05) is 42.5 Å². The van der Waals surface area contributed by atoms with Crippen molar-refractivity contribution in [2.24, 2.45) is 4.99 Å². The van der Waals surface area contributed by atoms with Crippen LogP contribution in [-0.4, -0.2) is 50.6 Å². The van der Waals surface area contributed by atoms with Crippen LogP contribution in [0.4, 0.5) is 0 Å². The Hall–Kier alpha value is -3.53. The fourth-order valence-electron chi connectivity index (χ4n) is 4.34. The van der Waals surface area contributed by atoms with Crippen molar-refractivity contribution in [3.63, 3.8) is 0 Å². The van der Waals surface area contributed by atoms with Gasteiger partial charge in [-0.05, 0) is 43.4 Å². The zero-order chi connectivity index (χ0) is 23.0. The molecule has 2 N–H and O–H groups in total. The summed E-state index contributed by atoms with van der Waals surface area (Å²) in [6.07, 6.45) is 5.52. The number of hydrogen-bond donors (Lipinski definition) is 2. The number of nitriles is 1. The molecule has 0 aliphatic heterocycles. The molecule has 0 heterocycles. The van der Waals surface area contributed by atoms with Crippen LogP contribution >= 0.6 is 0 Å². The highest BCUT2D eigenvalue weighted by Crippen LogP contribution is 2.39. The van der Waals surface area contributed by atoms with Gasteiger partial charge in [0.25, 0.3) is 5.91 Å². The van der Waals surface area contributed by atoms with E-state index in [-0.39, 0.29) is 17.4 Å². The first-order chi connectivity index (χ1) is 15.5. The van der Waals surface area contributed by atoms with E-state index in [2.05, 4.69) is 27.8 Å². The molecule has 1 amide bonds. The topological polar surface area (TPSA) is 89.7 Å². The van der Waals surface area contributed by atoms with E-state index in [1.54, 1.807) is 19.2 Å². The number of guanidine groups is 1. The van der Waals surface area contributed by atoms with Gasteiger partial charge in [-0.15, -0.1) is 4.99 Å². The van der Waals surface area contributed by atoms with E-state index in [0.29, 0.717) is 23.8 Å². The van der Waals surface area contributed by atoms with E-state index < -0.39 is 0 Å². The Bertz CT molecular complexity index is 973. The lowest BCUT2D eigenvalue weighted by Gasteiger charge is -2.41. The molecule has 2 aromatic rings. The number of hydrogen-bond acceptors (Lipinski definition) is 4. The zero-order valence-corrected chi connectivity index (χ0v) is 19.0. The maximum absolute atomic E-state index is 12.9. The first kappa shape index (κ1) is 23.1. The average molecular weight is 434 g/mol. The van der Waals surface area contributed by atoms with E-state index in [1.165, 1.54) is 5.56 Å². The molecule has 0 unspecified atom stereocenters. The summed E-state index contributed by atoms with van der Waals surface area (Å²) in [5.41, 5.74) is 1.62. The van der Waals surface area contributed by atoms with Gasteiger partial charge in [-0.3, -0.25) is 4.79 Å². The highest BCUT2D eigenvalue weighted by Gasteiger charge is 2.37. The summed E-state index contributed by atoms with van der Waals surface area (Å²) in [7, 11) is 5.31. The predicted octanol–water partition coefficient (Wildman–Crippen LogP) is 3.29. The summed E-state index contributed by atoms with van der Waals surface area (Å²) in [6.45, 7) is 0.549. The fraction of sp³-hybridized carbons (Fsp3) is 0.400. The second-order valence-corrected chi connectivity index (χ2v) is 8.38. The Morgan fingerprint density at radius 1 is 1.16 bits per heavy atom. The van der Waals surface area contributed by atoms with E-state index in [1.807, 2.05) is 55.5 Å². The summed E-state index contributed by atoms with van der Waals surface area (Å²) < 4.78 is 5.35. The molecule has 1 saturated carbocycles. The van der Waals surface area contributed by atoms with Gasteiger partial charge in [0.1, 0.15) is 5.75 Å². The molecule has 1 aliphatic rings. The van der Waals surface area contributed by atoms with Crippen LogP contribution < -0.4 is 15.4 Å². The molecule has 0 saturated heterocycles. The van der Waals surface area contributed by atoms with Gasteiger partial charge >= 0.3 is 0 Å². The summed E-state index contributed by atoms with van der Waals surface area (Å²) in [6, 6.07) is 17.9. The minimum atomic E-state index is -0.151. The largest absolute Gasteiger partial charge is 0.496 e. The molecule has 0 spiro atoms. The van der Waals surface area contributed by atoms with Crippen molar-refractivity contribution in [3.05, 3.63) is 65.7 Å². The Labute approximate surface area is 190 Å². The van der Waals surface area contributed by atoms with E-state index in [0.717, 1.165) is 25.7 Å². The number of nitrogens with one attached hydrogen (secondary N) is 2. The standard InChI is InChI=1S/C25H31N5O2/c1-30(2)24(28-18-26)29-20-13-15-25(16-14-20,19-9-5-4-6-10-19)17-27-23(31)21-11-7-8-12-22(21)32-3/h4-12,20H,13-17H2,1-3H3,(H,27,31)(H,28,29)/t20-,25-. The van der Waals surface area contributed by atoms with Gasteiger partial charge in [0.05, 0.1) is 12.7 Å². The van der Waals surface area contributed by atoms with Gasteiger partial charge in [0.15, 0.2) is 0 Å². The number of amides is 1. The molecule has 168 valence electrons. The number of benzene rings is 2. The molecule has 2 aromatic carbocycles. The van der Waals surface area contributed by atoms with Crippen LogP contribution in [0.3, 0.4) is 0 Å². The molecule has 0 atom stereocenters. The number of carbonyl (C=O) groups is 1. The van der Waals surface area contributed by atoms with E-state index in [9.17, 15) is 4.79 Å². The first-order valence-electron chi connectivity index (χ1n) is 10.9. The molecule has 7 nitrogen and oxygen atoms in total. The zero-order valence-electron chi connectivity index (χ0n) is 19.0. The first-order valence-corrected chi connectivity index (χ1v) is 10.9. The third-order valence-corrected chi connectivity index (χ3v) is 6.18. The summed E-state index contributed by atoms with van der Waals surface area (Å²) in [5, 5.41) is 15.5. The van der Waals surface area contributed by atoms with E-state index >= 15 is 0 Å². The number of carbonyl (C=O) groups excluding carboxylic acids is 1. The third-order valence-electron chi connectivity index (χ3n) is 6.18. The number of nitrogens with zero attached hydrogens (tertiary/aromatic N) is 3. The number of ether oxygens (including phenoxy) is 1. The molecule has 0 aromatic heterocycles.